The van der Waals surface area contributed by atoms with Gasteiger partial charge >= 0.3 is 11.7 Å². The van der Waals surface area contributed by atoms with Crippen molar-refractivity contribution in [2.45, 2.75) is 39.0 Å². The first-order chi connectivity index (χ1) is 15.7. The number of benzene rings is 2. The molecule has 3 aromatic rings. The number of fused-ring (bicyclic) bond motifs is 1. The standard InChI is InChI=1S/C24H28N2O7/c1-15(2)33-21(23(28)29)13-16-5-7-17(8-6-16)32-12-11-26-22(27)19-14-18(31-4)9-10-20(19)25(3)24(26)30/h5-10,14-15,21H,11-13H2,1-4H3,(H,28,29). The van der Waals surface area contributed by atoms with Gasteiger partial charge in [0.2, 0.25) is 0 Å². The summed E-state index contributed by atoms with van der Waals surface area (Å²) in [6.07, 6.45) is -0.882. The predicted molar refractivity (Wildman–Crippen MR) is 123 cm³/mol. The molecule has 1 aromatic heterocycles. The van der Waals surface area contributed by atoms with Gasteiger partial charge in [0.25, 0.3) is 5.56 Å². The zero-order valence-electron chi connectivity index (χ0n) is 19.1. The van der Waals surface area contributed by atoms with Crippen molar-refractivity contribution in [2.24, 2.45) is 7.05 Å². The molecule has 0 radical (unpaired) electrons. The van der Waals surface area contributed by atoms with Crippen molar-refractivity contribution in [3.8, 4) is 11.5 Å². The molecule has 1 heterocycles. The van der Waals surface area contributed by atoms with Gasteiger partial charge in [-0.2, -0.15) is 0 Å². The van der Waals surface area contributed by atoms with E-state index in [9.17, 15) is 19.5 Å². The molecule has 0 aliphatic heterocycles. The Morgan fingerprint density at radius 3 is 2.33 bits per heavy atom. The molecular formula is C24H28N2O7. The Labute approximate surface area is 190 Å². The lowest BCUT2D eigenvalue weighted by molar-refractivity contribution is -0.153. The molecule has 0 saturated heterocycles. The number of carboxylic acids is 1. The zero-order valence-corrected chi connectivity index (χ0v) is 19.1. The van der Waals surface area contributed by atoms with Gasteiger partial charge in [-0.15, -0.1) is 0 Å². The molecule has 9 nitrogen and oxygen atoms in total. The SMILES string of the molecule is COc1ccc2c(c1)c(=O)n(CCOc1ccc(CC(OC(C)C)C(=O)O)cc1)c(=O)n2C. The fourth-order valence-electron chi connectivity index (χ4n) is 3.53. The van der Waals surface area contributed by atoms with E-state index in [1.165, 1.54) is 11.7 Å². The summed E-state index contributed by atoms with van der Waals surface area (Å²) in [6.45, 7) is 3.76. The summed E-state index contributed by atoms with van der Waals surface area (Å²) in [7, 11) is 3.13. The molecule has 0 saturated carbocycles. The molecular weight excluding hydrogens is 428 g/mol. The van der Waals surface area contributed by atoms with Crippen molar-refractivity contribution in [3.63, 3.8) is 0 Å². The number of nitrogens with zero attached hydrogens (tertiary/aromatic N) is 2. The van der Waals surface area contributed by atoms with Crippen LogP contribution in [0, 0.1) is 0 Å². The summed E-state index contributed by atoms with van der Waals surface area (Å²) in [6, 6.07) is 12.0. The van der Waals surface area contributed by atoms with Crippen molar-refractivity contribution < 1.29 is 24.1 Å². The second-order valence-corrected chi connectivity index (χ2v) is 7.89. The van der Waals surface area contributed by atoms with Crippen LogP contribution in [0.1, 0.15) is 19.4 Å². The van der Waals surface area contributed by atoms with Gasteiger partial charge in [0.1, 0.15) is 18.1 Å². The number of carbonyl (C=O) groups is 1. The molecule has 1 N–H and O–H groups in total. The lowest BCUT2D eigenvalue weighted by atomic mass is 10.1. The van der Waals surface area contributed by atoms with Gasteiger partial charge in [0, 0.05) is 13.5 Å². The highest BCUT2D eigenvalue weighted by Gasteiger charge is 2.20. The molecule has 33 heavy (non-hydrogen) atoms. The van der Waals surface area contributed by atoms with Crippen molar-refractivity contribution >= 4 is 16.9 Å². The Bertz CT molecular complexity index is 1240. The van der Waals surface area contributed by atoms with Gasteiger partial charge in [-0.25, -0.2) is 9.59 Å². The van der Waals surface area contributed by atoms with Gasteiger partial charge in [0.05, 0.1) is 30.7 Å². The minimum atomic E-state index is -1.01. The molecule has 1 atom stereocenters. The summed E-state index contributed by atoms with van der Waals surface area (Å²) in [4.78, 5) is 36.9. The first-order valence-electron chi connectivity index (χ1n) is 10.6. The van der Waals surface area contributed by atoms with Gasteiger partial charge in [-0.3, -0.25) is 13.9 Å². The average Bonchev–Trinajstić information content (AvgIpc) is 2.79. The van der Waals surface area contributed by atoms with Crippen LogP contribution in [0.5, 0.6) is 11.5 Å². The quantitative estimate of drug-likeness (QED) is 0.498. The summed E-state index contributed by atoms with van der Waals surface area (Å²) >= 11 is 0. The van der Waals surface area contributed by atoms with Crippen molar-refractivity contribution in [1.29, 1.82) is 0 Å². The van der Waals surface area contributed by atoms with E-state index in [1.807, 2.05) is 0 Å². The van der Waals surface area contributed by atoms with E-state index in [0.29, 0.717) is 22.4 Å². The van der Waals surface area contributed by atoms with Crippen molar-refractivity contribution in [3.05, 3.63) is 68.9 Å². The minimum absolute atomic E-state index is 0.0731. The smallest absolute Gasteiger partial charge is 0.333 e. The van der Waals surface area contributed by atoms with E-state index in [-0.39, 0.29) is 25.7 Å². The third-order valence-electron chi connectivity index (χ3n) is 5.20. The zero-order chi connectivity index (χ0) is 24.1. The number of hydrogen-bond acceptors (Lipinski definition) is 6. The number of hydrogen-bond donors (Lipinski definition) is 1. The Morgan fingerprint density at radius 1 is 1.06 bits per heavy atom. The highest BCUT2D eigenvalue weighted by molar-refractivity contribution is 5.79. The van der Waals surface area contributed by atoms with Crippen LogP contribution in [0.2, 0.25) is 0 Å². The number of aliphatic carboxylic acids is 1. The number of aryl methyl sites for hydroxylation is 1. The Kier molecular flexibility index (Phi) is 7.55. The van der Waals surface area contributed by atoms with Crippen LogP contribution in [-0.2, 0) is 29.5 Å². The van der Waals surface area contributed by atoms with Crippen LogP contribution in [0.4, 0.5) is 0 Å². The molecule has 0 bridgehead atoms. The third-order valence-corrected chi connectivity index (χ3v) is 5.20. The molecule has 3 rings (SSSR count). The fourth-order valence-corrected chi connectivity index (χ4v) is 3.53. The molecule has 2 aromatic carbocycles. The number of methoxy groups -OCH3 is 1. The lowest BCUT2D eigenvalue weighted by Gasteiger charge is -2.16. The molecule has 0 spiro atoms. The average molecular weight is 456 g/mol. The number of rotatable bonds is 10. The summed E-state index contributed by atoms with van der Waals surface area (Å²) in [5, 5.41) is 9.70. The summed E-state index contributed by atoms with van der Waals surface area (Å²) in [5.41, 5.74) is 0.487. The van der Waals surface area contributed by atoms with Crippen molar-refractivity contribution in [1.82, 2.24) is 9.13 Å². The monoisotopic (exact) mass is 456 g/mol. The molecule has 9 heteroatoms. The fraction of sp³-hybridized carbons (Fsp3) is 0.375. The summed E-state index contributed by atoms with van der Waals surface area (Å²) < 4.78 is 18.9. The third kappa shape index (κ3) is 5.61. The summed E-state index contributed by atoms with van der Waals surface area (Å²) in [5.74, 6) is 0.0665. The largest absolute Gasteiger partial charge is 0.497 e. The van der Waals surface area contributed by atoms with E-state index in [0.717, 1.165) is 10.1 Å². The maximum atomic E-state index is 12.9. The Hall–Kier alpha value is -3.59. The Morgan fingerprint density at radius 2 is 1.73 bits per heavy atom. The van der Waals surface area contributed by atoms with Gasteiger partial charge in [-0.05, 0) is 49.7 Å². The van der Waals surface area contributed by atoms with Crippen LogP contribution in [-0.4, -0.2) is 46.1 Å². The van der Waals surface area contributed by atoms with Crippen LogP contribution in [0.15, 0.2) is 52.1 Å². The van der Waals surface area contributed by atoms with Crippen LogP contribution in [0.25, 0.3) is 10.9 Å². The lowest BCUT2D eigenvalue weighted by Crippen LogP contribution is -2.40. The molecule has 0 aliphatic carbocycles. The second-order valence-electron chi connectivity index (χ2n) is 7.89. The normalized spacial score (nSPS) is 12.2. The van der Waals surface area contributed by atoms with E-state index >= 15 is 0 Å². The molecule has 0 fully saturated rings. The topological polar surface area (TPSA) is 109 Å². The van der Waals surface area contributed by atoms with E-state index in [1.54, 1.807) is 63.4 Å². The second kappa shape index (κ2) is 10.4. The molecule has 0 amide bonds. The van der Waals surface area contributed by atoms with E-state index in [2.05, 4.69) is 0 Å². The van der Waals surface area contributed by atoms with Gasteiger partial charge in [-0.1, -0.05) is 12.1 Å². The highest BCUT2D eigenvalue weighted by Crippen LogP contribution is 2.17. The first-order valence-corrected chi connectivity index (χ1v) is 10.6. The van der Waals surface area contributed by atoms with Gasteiger partial charge < -0.3 is 19.3 Å². The van der Waals surface area contributed by atoms with E-state index in [4.69, 9.17) is 14.2 Å². The van der Waals surface area contributed by atoms with E-state index < -0.39 is 23.3 Å². The van der Waals surface area contributed by atoms with Crippen LogP contribution in [0.3, 0.4) is 0 Å². The molecule has 1 unspecified atom stereocenters. The maximum absolute atomic E-state index is 12.9. The van der Waals surface area contributed by atoms with Crippen molar-refractivity contribution in [2.75, 3.05) is 13.7 Å². The molecule has 0 aliphatic rings. The first kappa shape index (κ1) is 24.1. The Balaban J connectivity index is 1.70. The number of aromatic nitrogens is 2. The molecule has 176 valence electrons. The minimum Gasteiger partial charge on any atom is -0.497 e. The number of ether oxygens (including phenoxy) is 3. The highest BCUT2D eigenvalue weighted by atomic mass is 16.5. The van der Waals surface area contributed by atoms with Crippen LogP contribution < -0.4 is 20.7 Å². The predicted octanol–water partition coefficient (Wildman–Crippen LogP) is 2.21. The van der Waals surface area contributed by atoms with Crippen LogP contribution >= 0.6 is 0 Å². The maximum Gasteiger partial charge on any atom is 0.333 e. The van der Waals surface area contributed by atoms with Gasteiger partial charge in [0.15, 0.2) is 6.10 Å². The number of carboxylic acid groups (broad SMARTS) is 1.